The lowest BCUT2D eigenvalue weighted by atomic mass is 10.1. The molecule has 1 aromatic carbocycles. The smallest absolute Gasteiger partial charge is 0.324 e. The zero-order valence-electron chi connectivity index (χ0n) is 15.4. The van der Waals surface area contributed by atoms with Crippen LogP contribution in [0, 0.1) is 0 Å². The van der Waals surface area contributed by atoms with E-state index < -0.39 is 35.3 Å². The van der Waals surface area contributed by atoms with E-state index in [0.29, 0.717) is 5.65 Å². The molecule has 2 heterocycles. The molecular weight excluding hydrogens is 375 g/mol. The molecule has 0 aliphatic heterocycles. The monoisotopic (exact) mass is 393 g/mol. The first-order valence-corrected chi connectivity index (χ1v) is 8.38. The quantitative estimate of drug-likeness (QED) is 0.742. The molecule has 3 rings (SSSR count). The first kappa shape index (κ1) is 19.6. The second-order valence-electron chi connectivity index (χ2n) is 7.23. The van der Waals surface area contributed by atoms with Gasteiger partial charge in [-0.25, -0.2) is 9.67 Å². The summed E-state index contributed by atoms with van der Waals surface area (Å²) < 4.78 is 41.7. The molecular formula is C18H18F3N5O2. The van der Waals surface area contributed by atoms with Gasteiger partial charge < -0.3 is 5.32 Å². The van der Waals surface area contributed by atoms with Crippen LogP contribution in [0.25, 0.3) is 11.0 Å². The first-order valence-electron chi connectivity index (χ1n) is 8.38. The van der Waals surface area contributed by atoms with E-state index in [1.165, 1.54) is 24.7 Å². The van der Waals surface area contributed by atoms with Gasteiger partial charge in [0.2, 0.25) is 5.91 Å². The number of carbonyl (C=O) groups excluding carboxylic acids is 1. The van der Waals surface area contributed by atoms with Crippen molar-refractivity contribution >= 4 is 22.6 Å². The highest BCUT2D eigenvalue weighted by atomic mass is 19.4. The first-order chi connectivity index (χ1) is 13.0. The summed E-state index contributed by atoms with van der Waals surface area (Å²) in [5.41, 5.74) is -1.86. The number of para-hydroxylation sites is 1. The minimum absolute atomic E-state index is 0.223. The second-order valence-corrected chi connectivity index (χ2v) is 7.23. The Kier molecular flexibility index (Phi) is 4.74. The van der Waals surface area contributed by atoms with Crippen molar-refractivity contribution in [2.75, 3.05) is 5.32 Å². The Hall–Kier alpha value is -3.17. The number of alkyl halides is 3. The molecule has 0 saturated heterocycles. The fourth-order valence-corrected chi connectivity index (χ4v) is 2.74. The number of carbonyl (C=O) groups is 1. The molecule has 7 nitrogen and oxygen atoms in total. The van der Waals surface area contributed by atoms with E-state index in [2.05, 4.69) is 15.4 Å². The SMILES string of the molecule is CC(C)(C)n1ncc2c(=O)n(CC(=O)Nc3ccccc3C(F)(F)F)cnc21. The third kappa shape index (κ3) is 3.75. The number of halogens is 3. The summed E-state index contributed by atoms with van der Waals surface area (Å²) in [6.45, 7) is 5.23. The maximum Gasteiger partial charge on any atom is 0.418 e. The molecule has 0 saturated carbocycles. The molecule has 0 atom stereocenters. The van der Waals surface area contributed by atoms with Gasteiger partial charge in [0.1, 0.15) is 18.3 Å². The zero-order valence-corrected chi connectivity index (χ0v) is 15.4. The number of hydrogen-bond donors (Lipinski definition) is 1. The highest BCUT2D eigenvalue weighted by molar-refractivity contribution is 5.91. The van der Waals surface area contributed by atoms with E-state index in [9.17, 15) is 22.8 Å². The Morgan fingerprint density at radius 1 is 1.18 bits per heavy atom. The molecule has 28 heavy (non-hydrogen) atoms. The van der Waals surface area contributed by atoms with Crippen LogP contribution in [-0.4, -0.2) is 25.2 Å². The number of aromatic nitrogens is 4. The summed E-state index contributed by atoms with van der Waals surface area (Å²) in [5, 5.41) is 6.60. The lowest BCUT2D eigenvalue weighted by molar-refractivity contribution is -0.137. The fraction of sp³-hybridized carbons (Fsp3) is 0.333. The van der Waals surface area contributed by atoms with Crippen LogP contribution in [0.5, 0.6) is 0 Å². The summed E-state index contributed by atoms with van der Waals surface area (Å²) in [6, 6.07) is 4.63. The summed E-state index contributed by atoms with van der Waals surface area (Å²) in [6.07, 6.45) is -2.06. The number of anilines is 1. The van der Waals surface area contributed by atoms with E-state index >= 15 is 0 Å². The summed E-state index contributed by atoms with van der Waals surface area (Å²) in [5.74, 6) is -0.775. The van der Waals surface area contributed by atoms with Gasteiger partial charge >= 0.3 is 6.18 Å². The molecule has 1 amide bonds. The minimum atomic E-state index is -4.61. The lowest BCUT2D eigenvalue weighted by Gasteiger charge is -2.19. The minimum Gasteiger partial charge on any atom is -0.324 e. The van der Waals surface area contributed by atoms with Crippen molar-refractivity contribution < 1.29 is 18.0 Å². The molecule has 148 valence electrons. The fourth-order valence-electron chi connectivity index (χ4n) is 2.74. The largest absolute Gasteiger partial charge is 0.418 e. The van der Waals surface area contributed by atoms with Crippen LogP contribution in [-0.2, 0) is 23.1 Å². The maximum atomic E-state index is 13.0. The molecule has 2 aromatic heterocycles. The number of fused-ring (bicyclic) bond motifs is 1. The van der Waals surface area contributed by atoms with Crippen LogP contribution >= 0.6 is 0 Å². The number of nitrogens with one attached hydrogen (secondary N) is 1. The van der Waals surface area contributed by atoms with Crippen LogP contribution < -0.4 is 10.9 Å². The van der Waals surface area contributed by atoms with Gasteiger partial charge in [0, 0.05) is 0 Å². The third-order valence-electron chi connectivity index (χ3n) is 4.01. The van der Waals surface area contributed by atoms with Crippen LogP contribution in [0.1, 0.15) is 26.3 Å². The van der Waals surface area contributed by atoms with Gasteiger partial charge in [0.25, 0.3) is 5.56 Å². The third-order valence-corrected chi connectivity index (χ3v) is 4.01. The Morgan fingerprint density at radius 3 is 2.50 bits per heavy atom. The van der Waals surface area contributed by atoms with Crippen molar-refractivity contribution in [3.8, 4) is 0 Å². The van der Waals surface area contributed by atoms with E-state index in [-0.39, 0.29) is 11.1 Å². The standard InChI is InChI=1S/C18H18F3N5O2/c1-17(2,3)26-15-11(8-23-26)16(28)25(10-22-15)9-14(27)24-13-7-5-4-6-12(13)18(19,20)21/h4-8,10H,9H2,1-3H3,(H,24,27). The zero-order chi connectivity index (χ0) is 20.7. The van der Waals surface area contributed by atoms with Crippen molar-refractivity contribution in [2.45, 2.75) is 39.0 Å². The molecule has 1 N–H and O–H groups in total. The van der Waals surface area contributed by atoms with E-state index in [1.807, 2.05) is 20.8 Å². The van der Waals surface area contributed by atoms with Crippen molar-refractivity contribution in [3.05, 3.63) is 52.7 Å². The Morgan fingerprint density at radius 2 is 1.86 bits per heavy atom. The molecule has 0 fully saturated rings. The highest BCUT2D eigenvalue weighted by Crippen LogP contribution is 2.34. The molecule has 0 spiro atoms. The molecule has 10 heteroatoms. The molecule has 0 aliphatic rings. The normalized spacial score (nSPS) is 12.4. The predicted molar refractivity (Wildman–Crippen MR) is 96.9 cm³/mol. The number of nitrogens with zero attached hydrogens (tertiary/aromatic N) is 4. The summed E-state index contributed by atoms with van der Waals surface area (Å²) >= 11 is 0. The van der Waals surface area contributed by atoms with Gasteiger partial charge in [-0.05, 0) is 32.9 Å². The molecule has 0 bridgehead atoms. The van der Waals surface area contributed by atoms with Gasteiger partial charge in [0.05, 0.1) is 23.0 Å². The van der Waals surface area contributed by atoms with Crippen LogP contribution in [0.4, 0.5) is 18.9 Å². The van der Waals surface area contributed by atoms with Gasteiger partial charge in [-0.2, -0.15) is 18.3 Å². The van der Waals surface area contributed by atoms with Gasteiger partial charge in [-0.3, -0.25) is 14.2 Å². The number of rotatable bonds is 3. The van der Waals surface area contributed by atoms with Crippen molar-refractivity contribution in [1.82, 2.24) is 19.3 Å². The average molecular weight is 393 g/mol. The summed E-state index contributed by atoms with van der Waals surface area (Å²) in [4.78, 5) is 29.0. The van der Waals surface area contributed by atoms with E-state index in [0.717, 1.165) is 16.7 Å². The van der Waals surface area contributed by atoms with Crippen LogP contribution in [0.15, 0.2) is 41.6 Å². The van der Waals surface area contributed by atoms with Gasteiger partial charge in [-0.15, -0.1) is 0 Å². The number of benzene rings is 1. The lowest BCUT2D eigenvalue weighted by Crippen LogP contribution is -2.29. The number of amides is 1. The van der Waals surface area contributed by atoms with Crippen LogP contribution in [0.3, 0.4) is 0 Å². The molecule has 0 aliphatic carbocycles. The molecule has 0 radical (unpaired) electrons. The highest BCUT2D eigenvalue weighted by Gasteiger charge is 2.33. The Bertz CT molecular complexity index is 1090. The molecule has 0 unspecified atom stereocenters. The molecule has 3 aromatic rings. The topological polar surface area (TPSA) is 81.8 Å². The predicted octanol–water partition coefficient (Wildman–Crippen LogP) is 3.01. The van der Waals surface area contributed by atoms with Gasteiger partial charge in [-0.1, -0.05) is 12.1 Å². The Balaban J connectivity index is 1.87. The average Bonchev–Trinajstić information content (AvgIpc) is 3.02. The van der Waals surface area contributed by atoms with Crippen molar-refractivity contribution in [3.63, 3.8) is 0 Å². The summed E-state index contributed by atoms with van der Waals surface area (Å²) in [7, 11) is 0. The number of hydrogen-bond acceptors (Lipinski definition) is 4. The van der Waals surface area contributed by atoms with Crippen molar-refractivity contribution in [2.24, 2.45) is 0 Å². The van der Waals surface area contributed by atoms with Crippen LogP contribution in [0.2, 0.25) is 0 Å². The maximum absolute atomic E-state index is 13.0. The van der Waals surface area contributed by atoms with Gasteiger partial charge in [0.15, 0.2) is 5.65 Å². The van der Waals surface area contributed by atoms with E-state index in [4.69, 9.17) is 0 Å². The second kappa shape index (κ2) is 6.77. The Labute approximate surface area is 157 Å². The van der Waals surface area contributed by atoms with Crippen molar-refractivity contribution in [1.29, 1.82) is 0 Å². The van der Waals surface area contributed by atoms with E-state index in [1.54, 1.807) is 4.68 Å².